The SMILES string of the molecule is C=C(c1ccccc1)N(C(=C)c1ccc(Cl)cc1)c1ccc(Br)cc1. The smallest absolute Gasteiger partial charge is 0.0462 e. The molecule has 0 atom stereocenters. The van der Waals surface area contributed by atoms with Crippen LogP contribution >= 0.6 is 27.5 Å². The highest BCUT2D eigenvalue weighted by atomic mass is 79.9. The Bertz CT molecular complexity index is 884. The van der Waals surface area contributed by atoms with Crippen LogP contribution in [0.25, 0.3) is 11.4 Å². The van der Waals surface area contributed by atoms with E-state index in [1.54, 1.807) is 0 Å². The Morgan fingerprint density at radius 3 is 1.80 bits per heavy atom. The van der Waals surface area contributed by atoms with Crippen LogP contribution in [0.15, 0.2) is 96.5 Å². The van der Waals surface area contributed by atoms with Gasteiger partial charge in [0, 0.05) is 26.6 Å². The van der Waals surface area contributed by atoms with Gasteiger partial charge in [0.05, 0.1) is 0 Å². The summed E-state index contributed by atoms with van der Waals surface area (Å²) in [5, 5.41) is 0.702. The van der Waals surface area contributed by atoms with Gasteiger partial charge >= 0.3 is 0 Å². The maximum Gasteiger partial charge on any atom is 0.0462 e. The van der Waals surface area contributed by atoms with Crippen molar-refractivity contribution < 1.29 is 0 Å². The summed E-state index contributed by atoms with van der Waals surface area (Å²) in [5.74, 6) is 0. The Morgan fingerprint density at radius 1 is 0.720 bits per heavy atom. The van der Waals surface area contributed by atoms with Gasteiger partial charge in [-0.1, -0.05) is 83.2 Å². The topological polar surface area (TPSA) is 3.24 Å². The molecule has 3 aromatic rings. The summed E-state index contributed by atoms with van der Waals surface area (Å²) >= 11 is 9.51. The third-order valence-corrected chi connectivity index (χ3v) is 4.69. The molecule has 3 aromatic carbocycles. The van der Waals surface area contributed by atoms with E-state index in [1.165, 1.54) is 0 Å². The van der Waals surface area contributed by atoms with Crippen LogP contribution in [-0.4, -0.2) is 0 Å². The number of hydrogen-bond acceptors (Lipinski definition) is 1. The molecule has 0 fully saturated rings. The Morgan fingerprint density at radius 2 is 1.24 bits per heavy atom. The van der Waals surface area contributed by atoms with Gasteiger partial charge in [-0.25, -0.2) is 0 Å². The van der Waals surface area contributed by atoms with E-state index in [0.29, 0.717) is 5.02 Å². The van der Waals surface area contributed by atoms with Gasteiger partial charge in [0.15, 0.2) is 0 Å². The van der Waals surface area contributed by atoms with Crippen molar-refractivity contribution in [3.05, 3.63) is 113 Å². The molecule has 0 unspecified atom stereocenters. The molecule has 0 spiro atoms. The predicted octanol–water partition coefficient (Wildman–Crippen LogP) is 7.25. The van der Waals surface area contributed by atoms with Gasteiger partial charge in [-0.2, -0.15) is 0 Å². The fraction of sp³-hybridized carbons (Fsp3) is 0. The molecule has 0 radical (unpaired) electrons. The van der Waals surface area contributed by atoms with Crippen molar-refractivity contribution in [2.24, 2.45) is 0 Å². The molecule has 1 nitrogen and oxygen atoms in total. The zero-order valence-electron chi connectivity index (χ0n) is 13.6. The zero-order chi connectivity index (χ0) is 17.8. The number of rotatable bonds is 5. The molecule has 124 valence electrons. The highest BCUT2D eigenvalue weighted by Crippen LogP contribution is 2.34. The Balaban J connectivity index is 2.05. The highest BCUT2D eigenvalue weighted by molar-refractivity contribution is 9.10. The van der Waals surface area contributed by atoms with Gasteiger partial charge in [0.2, 0.25) is 0 Å². The first-order valence-corrected chi connectivity index (χ1v) is 8.98. The summed E-state index contributed by atoms with van der Waals surface area (Å²) in [7, 11) is 0. The highest BCUT2D eigenvalue weighted by Gasteiger charge is 2.17. The van der Waals surface area contributed by atoms with Crippen molar-refractivity contribution in [2.75, 3.05) is 4.90 Å². The van der Waals surface area contributed by atoms with Gasteiger partial charge < -0.3 is 4.90 Å². The Labute approximate surface area is 162 Å². The lowest BCUT2D eigenvalue weighted by atomic mass is 10.1. The van der Waals surface area contributed by atoms with Gasteiger partial charge in [0.25, 0.3) is 0 Å². The van der Waals surface area contributed by atoms with Crippen LogP contribution in [0.3, 0.4) is 0 Å². The summed E-state index contributed by atoms with van der Waals surface area (Å²) in [4.78, 5) is 2.06. The maximum absolute atomic E-state index is 6.02. The second-order valence-corrected chi connectivity index (χ2v) is 6.93. The molecular weight excluding hydrogens is 394 g/mol. The molecule has 0 saturated heterocycles. The first-order chi connectivity index (χ1) is 12.1. The van der Waals surface area contributed by atoms with Crippen molar-refractivity contribution in [1.29, 1.82) is 0 Å². The van der Waals surface area contributed by atoms with Crippen LogP contribution in [0.2, 0.25) is 5.02 Å². The van der Waals surface area contributed by atoms with Crippen LogP contribution in [-0.2, 0) is 0 Å². The largest absolute Gasteiger partial charge is 0.310 e. The van der Waals surface area contributed by atoms with E-state index >= 15 is 0 Å². The first kappa shape index (κ1) is 17.5. The average Bonchev–Trinajstić information content (AvgIpc) is 2.64. The summed E-state index contributed by atoms with van der Waals surface area (Å²) in [5.41, 5.74) is 4.73. The molecule has 0 heterocycles. The number of anilines is 1. The van der Waals surface area contributed by atoms with Crippen LogP contribution in [0.1, 0.15) is 11.1 Å². The molecule has 0 saturated carbocycles. The predicted molar refractivity (Wildman–Crippen MR) is 113 cm³/mol. The summed E-state index contributed by atoms with van der Waals surface area (Å²) in [6.45, 7) is 8.63. The van der Waals surface area contributed by atoms with Gasteiger partial charge in [0.1, 0.15) is 0 Å². The van der Waals surface area contributed by atoms with E-state index in [4.69, 9.17) is 11.6 Å². The lowest BCUT2D eigenvalue weighted by Gasteiger charge is -2.29. The van der Waals surface area contributed by atoms with E-state index in [0.717, 1.165) is 32.7 Å². The average molecular weight is 411 g/mol. The number of nitrogens with zero attached hydrogens (tertiary/aromatic N) is 1. The lowest BCUT2D eigenvalue weighted by molar-refractivity contribution is 1.31. The lowest BCUT2D eigenvalue weighted by Crippen LogP contribution is -2.18. The van der Waals surface area contributed by atoms with E-state index in [1.807, 2.05) is 78.9 Å². The first-order valence-electron chi connectivity index (χ1n) is 7.81. The minimum Gasteiger partial charge on any atom is -0.310 e. The molecule has 25 heavy (non-hydrogen) atoms. The summed E-state index contributed by atoms with van der Waals surface area (Å²) in [6.07, 6.45) is 0. The monoisotopic (exact) mass is 409 g/mol. The van der Waals surface area contributed by atoms with Crippen LogP contribution in [0, 0.1) is 0 Å². The normalized spacial score (nSPS) is 10.3. The zero-order valence-corrected chi connectivity index (χ0v) is 16.0. The molecule has 3 rings (SSSR count). The molecule has 0 aromatic heterocycles. The van der Waals surface area contributed by atoms with Gasteiger partial charge in [-0.05, 0) is 47.5 Å². The maximum atomic E-state index is 6.02. The minimum atomic E-state index is 0.702. The molecule has 0 aliphatic heterocycles. The quantitative estimate of drug-likeness (QED) is 0.428. The molecule has 3 heteroatoms. The van der Waals surface area contributed by atoms with E-state index in [9.17, 15) is 0 Å². The molecule has 0 amide bonds. The fourth-order valence-electron chi connectivity index (χ4n) is 2.60. The second-order valence-electron chi connectivity index (χ2n) is 5.58. The molecule has 0 aliphatic carbocycles. The number of halogens is 2. The van der Waals surface area contributed by atoms with Crippen molar-refractivity contribution in [2.45, 2.75) is 0 Å². The fourth-order valence-corrected chi connectivity index (χ4v) is 2.99. The second kappa shape index (κ2) is 7.73. The molecule has 0 N–H and O–H groups in total. The number of benzene rings is 3. The van der Waals surface area contributed by atoms with Crippen molar-refractivity contribution in [3.8, 4) is 0 Å². The summed E-state index contributed by atoms with van der Waals surface area (Å²) < 4.78 is 1.03. The van der Waals surface area contributed by atoms with Crippen molar-refractivity contribution in [3.63, 3.8) is 0 Å². The Hall–Kier alpha value is -2.29. The van der Waals surface area contributed by atoms with Crippen LogP contribution in [0.4, 0.5) is 5.69 Å². The molecular formula is C22H17BrClN. The molecule has 0 bridgehead atoms. The molecule has 0 aliphatic rings. The Kier molecular flexibility index (Phi) is 5.42. The third-order valence-electron chi connectivity index (χ3n) is 3.91. The number of hydrogen-bond donors (Lipinski definition) is 0. The van der Waals surface area contributed by atoms with Crippen LogP contribution in [0.5, 0.6) is 0 Å². The van der Waals surface area contributed by atoms with E-state index in [-0.39, 0.29) is 0 Å². The standard InChI is InChI=1S/C22H17BrClN/c1-16(18-6-4-3-5-7-18)25(22-14-10-20(23)11-15-22)17(2)19-8-12-21(24)13-9-19/h3-15H,1-2H2. The van der Waals surface area contributed by atoms with Gasteiger partial charge in [-0.3, -0.25) is 0 Å². The summed E-state index contributed by atoms with van der Waals surface area (Å²) in [6, 6.07) is 25.9. The van der Waals surface area contributed by atoms with Crippen LogP contribution < -0.4 is 4.90 Å². The van der Waals surface area contributed by atoms with Crippen molar-refractivity contribution >= 4 is 44.6 Å². The third kappa shape index (κ3) is 4.04. The van der Waals surface area contributed by atoms with E-state index in [2.05, 4.69) is 34.0 Å². The van der Waals surface area contributed by atoms with Gasteiger partial charge in [-0.15, -0.1) is 0 Å². The minimum absolute atomic E-state index is 0.702. The van der Waals surface area contributed by atoms with Crippen molar-refractivity contribution in [1.82, 2.24) is 0 Å². The van der Waals surface area contributed by atoms with E-state index < -0.39 is 0 Å².